The first-order chi connectivity index (χ1) is 12.1. The molecule has 0 aromatic heterocycles. The molecule has 0 spiro atoms. The first kappa shape index (κ1) is 24.1. The van der Waals surface area contributed by atoms with E-state index in [1.807, 2.05) is 58.0 Å². The third kappa shape index (κ3) is 10.8. The molecule has 0 saturated heterocycles. The van der Waals surface area contributed by atoms with Crippen LogP contribution in [0, 0.1) is 10.8 Å². The van der Waals surface area contributed by atoms with Gasteiger partial charge in [0.05, 0.1) is 11.2 Å². The van der Waals surface area contributed by atoms with E-state index >= 15 is 0 Å². The van der Waals surface area contributed by atoms with Crippen molar-refractivity contribution in [1.29, 1.82) is 0 Å². The number of hydrogen-bond donors (Lipinski definition) is 0. The van der Waals surface area contributed by atoms with Crippen molar-refractivity contribution in [1.82, 2.24) is 0 Å². The van der Waals surface area contributed by atoms with Crippen LogP contribution in [-0.4, -0.2) is 11.2 Å². The van der Waals surface area contributed by atoms with Crippen LogP contribution in [-0.2, 0) is 19.6 Å². The Kier molecular flexibility index (Phi) is 8.07. The quantitative estimate of drug-likeness (QED) is 0.262. The summed E-state index contributed by atoms with van der Waals surface area (Å²) in [6.07, 6.45) is 0.931. The Morgan fingerprint density at radius 1 is 0.630 bits per heavy atom. The van der Waals surface area contributed by atoms with Gasteiger partial charge in [-0.3, -0.25) is 0 Å². The minimum Gasteiger partial charge on any atom is -0.227 e. The fourth-order valence-electron chi connectivity index (χ4n) is 3.70. The van der Waals surface area contributed by atoms with Crippen LogP contribution in [0.25, 0.3) is 0 Å². The Hall–Kier alpha value is -0.940. The van der Waals surface area contributed by atoms with Crippen LogP contribution in [0.2, 0.25) is 0 Å². The summed E-state index contributed by atoms with van der Waals surface area (Å²) in [6.45, 7) is 21.2. The predicted molar refractivity (Wildman–Crippen MR) is 110 cm³/mol. The second-order valence-electron chi connectivity index (χ2n) is 11.1. The van der Waals surface area contributed by atoms with E-state index in [0.717, 1.165) is 18.4 Å². The van der Waals surface area contributed by atoms with Crippen molar-refractivity contribution >= 4 is 0 Å². The Morgan fingerprint density at radius 2 is 1.00 bits per heavy atom. The van der Waals surface area contributed by atoms with Crippen LogP contribution in [0.3, 0.4) is 0 Å². The van der Waals surface area contributed by atoms with Gasteiger partial charge in [0.1, 0.15) is 0 Å². The zero-order valence-electron chi connectivity index (χ0n) is 19.0. The van der Waals surface area contributed by atoms with Crippen LogP contribution in [0.15, 0.2) is 30.3 Å². The summed E-state index contributed by atoms with van der Waals surface area (Å²) in [5, 5.41) is 0. The maximum absolute atomic E-state index is 5.78. The van der Waals surface area contributed by atoms with E-state index in [9.17, 15) is 0 Å². The highest BCUT2D eigenvalue weighted by Crippen LogP contribution is 2.34. The van der Waals surface area contributed by atoms with Crippen molar-refractivity contribution in [3.63, 3.8) is 0 Å². The van der Waals surface area contributed by atoms with Crippen molar-refractivity contribution in [3.05, 3.63) is 35.9 Å². The molecule has 0 aliphatic heterocycles. The van der Waals surface area contributed by atoms with Crippen LogP contribution in [0.5, 0.6) is 0 Å². The van der Waals surface area contributed by atoms with E-state index in [1.54, 1.807) is 0 Å². The molecule has 0 radical (unpaired) electrons. The van der Waals surface area contributed by atoms with Gasteiger partial charge in [0.15, 0.2) is 0 Å². The van der Waals surface area contributed by atoms with E-state index in [2.05, 4.69) is 41.5 Å². The minimum absolute atomic E-state index is 0.126. The summed E-state index contributed by atoms with van der Waals surface area (Å²) < 4.78 is 0. The number of benzene rings is 1. The molecule has 27 heavy (non-hydrogen) atoms. The lowest BCUT2D eigenvalue weighted by Crippen LogP contribution is -2.33. The SMILES string of the molecule is CC(C)(C)CC(C)(C)OOC(OOC(C)(C)CC(C)(C)C)c1ccccc1. The third-order valence-corrected chi connectivity index (χ3v) is 3.71. The van der Waals surface area contributed by atoms with Crippen LogP contribution in [0.1, 0.15) is 93.9 Å². The molecule has 1 rings (SSSR count). The fraction of sp³-hybridized carbons (Fsp3) is 0.739. The van der Waals surface area contributed by atoms with Gasteiger partial charge >= 0.3 is 0 Å². The molecule has 0 atom stereocenters. The molecule has 1 aromatic rings. The second kappa shape index (κ2) is 9.04. The number of hydrogen-bond acceptors (Lipinski definition) is 4. The van der Waals surface area contributed by atoms with Gasteiger partial charge in [-0.05, 0) is 51.4 Å². The van der Waals surface area contributed by atoms with Gasteiger partial charge in [-0.1, -0.05) is 71.9 Å². The lowest BCUT2D eigenvalue weighted by Gasteiger charge is -2.34. The fourth-order valence-corrected chi connectivity index (χ4v) is 3.70. The van der Waals surface area contributed by atoms with Gasteiger partial charge in [-0.25, -0.2) is 9.78 Å². The lowest BCUT2D eigenvalue weighted by atomic mass is 9.84. The van der Waals surface area contributed by atoms with Crippen LogP contribution >= 0.6 is 0 Å². The van der Waals surface area contributed by atoms with Crippen molar-refractivity contribution < 1.29 is 19.6 Å². The van der Waals surface area contributed by atoms with Crippen molar-refractivity contribution in [2.45, 2.75) is 99.6 Å². The predicted octanol–water partition coefficient (Wildman–Crippen LogP) is 7.01. The maximum Gasteiger partial charge on any atom is 0.249 e. The van der Waals surface area contributed by atoms with E-state index in [4.69, 9.17) is 19.6 Å². The van der Waals surface area contributed by atoms with Gasteiger partial charge < -0.3 is 0 Å². The molecule has 4 nitrogen and oxygen atoms in total. The topological polar surface area (TPSA) is 36.9 Å². The summed E-state index contributed by atoms with van der Waals surface area (Å²) in [4.78, 5) is 23.0. The minimum atomic E-state index is -0.760. The third-order valence-electron chi connectivity index (χ3n) is 3.71. The molecule has 1 aromatic carbocycles. The smallest absolute Gasteiger partial charge is 0.227 e. The van der Waals surface area contributed by atoms with Crippen molar-refractivity contribution in [3.8, 4) is 0 Å². The highest BCUT2D eigenvalue weighted by molar-refractivity contribution is 5.15. The zero-order chi connectivity index (χ0) is 20.9. The Balaban J connectivity index is 2.81. The molecule has 156 valence electrons. The Labute approximate surface area is 166 Å². The monoisotopic (exact) mass is 380 g/mol. The Bertz CT molecular complexity index is 518. The second-order valence-corrected chi connectivity index (χ2v) is 11.1. The largest absolute Gasteiger partial charge is 0.249 e. The summed E-state index contributed by atoms with van der Waals surface area (Å²) in [7, 11) is 0. The molecule has 0 aliphatic rings. The van der Waals surface area contributed by atoms with Gasteiger partial charge in [-0.15, -0.1) is 0 Å². The van der Waals surface area contributed by atoms with E-state index < -0.39 is 17.5 Å². The Morgan fingerprint density at radius 3 is 1.33 bits per heavy atom. The summed E-state index contributed by atoms with van der Waals surface area (Å²) in [6, 6.07) is 9.70. The zero-order valence-corrected chi connectivity index (χ0v) is 19.0. The molecule has 0 fully saturated rings. The first-order valence-electron chi connectivity index (χ1n) is 9.83. The van der Waals surface area contributed by atoms with Gasteiger partial charge in [-0.2, -0.15) is 9.78 Å². The molecule has 0 N–H and O–H groups in total. The standard InChI is InChI=1S/C23H40O4/c1-20(2,3)16-22(7,8)26-24-19(18-14-12-11-13-15-18)25-27-23(9,10)17-21(4,5)6/h11-15,19H,16-17H2,1-10H3. The molecular formula is C23H40O4. The molecule has 4 heteroatoms. The summed E-state index contributed by atoms with van der Waals surface area (Å²) in [5.41, 5.74) is 0.198. The molecule has 0 heterocycles. The lowest BCUT2D eigenvalue weighted by molar-refractivity contribution is -0.507. The average molecular weight is 381 g/mol. The van der Waals surface area contributed by atoms with E-state index in [1.165, 1.54) is 0 Å². The normalized spacial score (nSPS) is 14.0. The molecule has 0 aliphatic carbocycles. The molecule has 0 amide bonds. The molecule has 0 unspecified atom stereocenters. The van der Waals surface area contributed by atoms with Crippen molar-refractivity contribution in [2.75, 3.05) is 0 Å². The van der Waals surface area contributed by atoms with Gasteiger partial charge in [0.2, 0.25) is 6.29 Å². The summed E-state index contributed by atoms with van der Waals surface area (Å²) in [5.74, 6) is 0. The highest BCUT2D eigenvalue weighted by Gasteiger charge is 2.32. The maximum atomic E-state index is 5.78. The van der Waals surface area contributed by atoms with E-state index in [0.29, 0.717) is 0 Å². The molecule has 0 bridgehead atoms. The highest BCUT2D eigenvalue weighted by atomic mass is 17.3. The van der Waals surface area contributed by atoms with Crippen LogP contribution < -0.4 is 0 Å². The summed E-state index contributed by atoms with van der Waals surface area (Å²) >= 11 is 0. The first-order valence-corrected chi connectivity index (χ1v) is 9.83. The number of rotatable bonds is 9. The van der Waals surface area contributed by atoms with Gasteiger partial charge in [0, 0.05) is 5.56 Å². The van der Waals surface area contributed by atoms with E-state index in [-0.39, 0.29) is 10.8 Å². The average Bonchev–Trinajstić information content (AvgIpc) is 2.43. The molecule has 0 saturated carbocycles. The molecular weight excluding hydrogens is 340 g/mol. The van der Waals surface area contributed by atoms with Crippen molar-refractivity contribution in [2.24, 2.45) is 10.8 Å². The van der Waals surface area contributed by atoms with Gasteiger partial charge in [0.25, 0.3) is 0 Å². The van der Waals surface area contributed by atoms with Crippen LogP contribution in [0.4, 0.5) is 0 Å².